The fourth-order valence-corrected chi connectivity index (χ4v) is 3.14. The van der Waals surface area contributed by atoms with Gasteiger partial charge in [-0.1, -0.05) is 0 Å². The summed E-state index contributed by atoms with van der Waals surface area (Å²) in [6, 6.07) is 5.57. The predicted octanol–water partition coefficient (Wildman–Crippen LogP) is 1.95. The molecule has 0 aliphatic carbocycles. The van der Waals surface area contributed by atoms with Crippen LogP contribution in [0.5, 0.6) is 0 Å². The molecule has 0 saturated carbocycles. The van der Waals surface area contributed by atoms with Crippen molar-refractivity contribution in [3.63, 3.8) is 0 Å². The number of likely N-dealkylation sites (N-methyl/N-ethyl adjacent to an activating group) is 1. The molecule has 2 heterocycles. The van der Waals surface area contributed by atoms with Gasteiger partial charge in [0.2, 0.25) is 0 Å². The van der Waals surface area contributed by atoms with Crippen LogP contribution in [0.3, 0.4) is 0 Å². The average molecular weight is 290 g/mol. The highest BCUT2D eigenvalue weighted by atomic mass is 16.6. The SMILES string of the molecule is CN1CCN(c2cc(N3CCCC3)ccc2[N+](=O)[O-])CC1. The van der Waals surface area contributed by atoms with Gasteiger partial charge in [0.15, 0.2) is 0 Å². The molecule has 0 amide bonds. The Hall–Kier alpha value is -1.82. The van der Waals surface area contributed by atoms with E-state index in [1.165, 1.54) is 12.8 Å². The van der Waals surface area contributed by atoms with E-state index in [-0.39, 0.29) is 10.6 Å². The van der Waals surface area contributed by atoms with Gasteiger partial charge in [0, 0.05) is 51.0 Å². The third kappa shape index (κ3) is 2.95. The lowest BCUT2D eigenvalue weighted by Gasteiger charge is -2.34. The highest BCUT2D eigenvalue weighted by Gasteiger charge is 2.24. The minimum Gasteiger partial charge on any atom is -0.371 e. The maximum Gasteiger partial charge on any atom is 0.292 e. The minimum absolute atomic E-state index is 0.225. The molecule has 2 saturated heterocycles. The first-order chi connectivity index (χ1) is 10.1. The number of nitrogens with zero attached hydrogens (tertiary/aromatic N) is 4. The lowest BCUT2D eigenvalue weighted by atomic mass is 10.2. The van der Waals surface area contributed by atoms with Crippen LogP contribution in [0.4, 0.5) is 17.1 Å². The zero-order valence-corrected chi connectivity index (χ0v) is 12.5. The molecule has 0 N–H and O–H groups in total. The summed E-state index contributed by atoms with van der Waals surface area (Å²) in [5, 5.41) is 11.3. The summed E-state index contributed by atoms with van der Waals surface area (Å²) in [7, 11) is 2.09. The summed E-state index contributed by atoms with van der Waals surface area (Å²) in [6.07, 6.45) is 2.42. The van der Waals surface area contributed by atoms with Crippen molar-refractivity contribution in [2.24, 2.45) is 0 Å². The Labute approximate surface area is 125 Å². The highest BCUT2D eigenvalue weighted by molar-refractivity contribution is 5.70. The Morgan fingerprint density at radius 1 is 1.00 bits per heavy atom. The molecule has 0 radical (unpaired) electrons. The Morgan fingerprint density at radius 2 is 1.67 bits per heavy atom. The summed E-state index contributed by atoms with van der Waals surface area (Å²) in [4.78, 5) is 17.8. The van der Waals surface area contributed by atoms with Gasteiger partial charge in [0.1, 0.15) is 5.69 Å². The minimum atomic E-state index is -0.262. The van der Waals surface area contributed by atoms with Crippen LogP contribution in [-0.4, -0.2) is 56.1 Å². The lowest BCUT2D eigenvalue weighted by molar-refractivity contribution is -0.384. The van der Waals surface area contributed by atoms with Crippen LogP contribution in [0, 0.1) is 10.1 Å². The van der Waals surface area contributed by atoms with Crippen LogP contribution in [0.1, 0.15) is 12.8 Å². The van der Waals surface area contributed by atoms with Crippen LogP contribution in [0.2, 0.25) is 0 Å². The molecule has 0 atom stereocenters. The first kappa shape index (κ1) is 14.1. The zero-order chi connectivity index (χ0) is 14.8. The normalized spacial score (nSPS) is 20.0. The number of hydrogen-bond acceptors (Lipinski definition) is 5. The summed E-state index contributed by atoms with van der Waals surface area (Å²) in [6.45, 7) is 5.71. The maximum absolute atomic E-state index is 11.3. The molecule has 1 aromatic rings. The molecule has 0 bridgehead atoms. The number of anilines is 2. The van der Waals surface area contributed by atoms with Crippen molar-refractivity contribution >= 4 is 17.1 Å². The summed E-state index contributed by atoms with van der Waals surface area (Å²) in [5.74, 6) is 0. The van der Waals surface area contributed by atoms with Crippen molar-refractivity contribution in [1.82, 2.24) is 4.90 Å². The summed E-state index contributed by atoms with van der Waals surface area (Å²) < 4.78 is 0. The van der Waals surface area contributed by atoms with Gasteiger partial charge in [-0.3, -0.25) is 10.1 Å². The first-order valence-corrected chi connectivity index (χ1v) is 7.62. The van der Waals surface area contributed by atoms with E-state index in [0.29, 0.717) is 0 Å². The van der Waals surface area contributed by atoms with Crippen LogP contribution < -0.4 is 9.80 Å². The molecule has 1 aromatic carbocycles. The van der Waals surface area contributed by atoms with Crippen LogP contribution in [-0.2, 0) is 0 Å². The standard InChI is InChI=1S/C15H22N4O2/c1-16-8-10-18(11-9-16)15-12-13(17-6-2-3-7-17)4-5-14(15)19(20)21/h4-5,12H,2-3,6-11H2,1H3. The topological polar surface area (TPSA) is 52.9 Å². The van der Waals surface area contributed by atoms with Gasteiger partial charge in [-0.25, -0.2) is 0 Å². The molecule has 6 heteroatoms. The van der Waals surface area contributed by atoms with Gasteiger partial charge >= 0.3 is 0 Å². The van der Waals surface area contributed by atoms with E-state index in [2.05, 4.69) is 21.7 Å². The largest absolute Gasteiger partial charge is 0.371 e. The van der Waals surface area contributed by atoms with Crippen LogP contribution in [0.15, 0.2) is 18.2 Å². The van der Waals surface area contributed by atoms with Gasteiger partial charge in [-0.2, -0.15) is 0 Å². The monoisotopic (exact) mass is 290 g/mol. The number of nitro groups is 1. The molecular weight excluding hydrogens is 268 g/mol. The molecule has 3 rings (SSSR count). The molecule has 21 heavy (non-hydrogen) atoms. The molecule has 2 aliphatic heterocycles. The van der Waals surface area contributed by atoms with E-state index in [0.717, 1.165) is 50.6 Å². The molecule has 114 valence electrons. The van der Waals surface area contributed by atoms with Crippen molar-refractivity contribution < 1.29 is 4.92 Å². The molecule has 0 unspecified atom stereocenters. The quantitative estimate of drug-likeness (QED) is 0.629. The maximum atomic E-state index is 11.3. The molecule has 2 fully saturated rings. The van der Waals surface area contributed by atoms with E-state index in [1.54, 1.807) is 6.07 Å². The van der Waals surface area contributed by atoms with Crippen molar-refractivity contribution in [3.05, 3.63) is 28.3 Å². The van der Waals surface area contributed by atoms with E-state index >= 15 is 0 Å². The summed E-state index contributed by atoms with van der Waals surface area (Å²) in [5.41, 5.74) is 2.12. The fourth-order valence-electron chi connectivity index (χ4n) is 3.14. The smallest absolute Gasteiger partial charge is 0.292 e. The fraction of sp³-hybridized carbons (Fsp3) is 0.600. The van der Waals surface area contributed by atoms with Gasteiger partial charge in [0.25, 0.3) is 5.69 Å². The van der Waals surface area contributed by atoms with Gasteiger partial charge in [-0.15, -0.1) is 0 Å². The number of nitro benzene ring substituents is 1. The molecule has 0 spiro atoms. The zero-order valence-electron chi connectivity index (χ0n) is 12.5. The molecular formula is C15H22N4O2. The Bertz CT molecular complexity index is 520. The second kappa shape index (κ2) is 5.89. The van der Waals surface area contributed by atoms with Gasteiger partial charge in [-0.05, 0) is 32.0 Å². The number of rotatable bonds is 3. The van der Waals surface area contributed by atoms with E-state index in [9.17, 15) is 10.1 Å². The third-order valence-corrected chi connectivity index (χ3v) is 4.47. The Kier molecular flexibility index (Phi) is 3.96. The van der Waals surface area contributed by atoms with E-state index < -0.39 is 0 Å². The van der Waals surface area contributed by atoms with Crippen LogP contribution >= 0.6 is 0 Å². The molecule has 0 aromatic heterocycles. The van der Waals surface area contributed by atoms with Crippen molar-refractivity contribution in [2.75, 3.05) is 56.1 Å². The van der Waals surface area contributed by atoms with E-state index in [4.69, 9.17) is 0 Å². The van der Waals surface area contributed by atoms with Crippen molar-refractivity contribution in [3.8, 4) is 0 Å². The van der Waals surface area contributed by atoms with Crippen molar-refractivity contribution in [2.45, 2.75) is 12.8 Å². The predicted molar refractivity (Wildman–Crippen MR) is 84.3 cm³/mol. The number of benzene rings is 1. The summed E-state index contributed by atoms with van der Waals surface area (Å²) >= 11 is 0. The highest BCUT2D eigenvalue weighted by Crippen LogP contribution is 2.34. The molecule has 6 nitrogen and oxygen atoms in total. The van der Waals surface area contributed by atoms with E-state index in [1.807, 2.05) is 12.1 Å². The Morgan fingerprint density at radius 3 is 2.29 bits per heavy atom. The van der Waals surface area contributed by atoms with Gasteiger partial charge in [0.05, 0.1) is 4.92 Å². The number of piperazine rings is 1. The first-order valence-electron chi connectivity index (χ1n) is 7.62. The van der Waals surface area contributed by atoms with Gasteiger partial charge < -0.3 is 14.7 Å². The lowest BCUT2D eigenvalue weighted by Crippen LogP contribution is -2.44. The van der Waals surface area contributed by atoms with Crippen molar-refractivity contribution in [1.29, 1.82) is 0 Å². The second-order valence-corrected chi connectivity index (χ2v) is 5.91. The third-order valence-electron chi connectivity index (χ3n) is 4.47. The Balaban J connectivity index is 1.90. The number of hydrogen-bond donors (Lipinski definition) is 0. The van der Waals surface area contributed by atoms with Crippen LogP contribution in [0.25, 0.3) is 0 Å². The molecule has 2 aliphatic rings. The second-order valence-electron chi connectivity index (χ2n) is 5.91. The average Bonchev–Trinajstić information content (AvgIpc) is 3.01.